The largest absolute Gasteiger partial charge is 0.352 e. The van der Waals surface area contributed by atoms with Crippen molar-refractivity contribution in [3.8, 4) is 0 Å². The van der Waals surface area contributed by atoms with Crippen LogP contribution < -0.4 is 0 Å². The van der Waals surface area contributed by atoms with Crippen molar-refractivity contribution >= 4 is 23.2 Å². The number of hydrogen-bond acceptors (Lipinski definition) is 4. The Hall–Kier alpha value is -1.42. The van der Waals surface area contributed by atoms with Crippen molar-refractivity contribution in [2.24, 2.45) is 0 Å². The summed E-state index contributed by atoms with van der Waals surface area (Å²) in [6.45, 7) is 1.24. The third-order valence-corrected chi connectivity index (χ3v) is 1.55. The quantitative estimate of drug-likeness (QED) is 0.390. The highest BCUT2D eigenvalue weighted by Crippen LogP contribution is 2.02. The van der Waals surface area contributed by atoms with Crippen LogP contribution in [0.25, 0.3) is 0 Å². The molecule has 0 heterocycles. The summed E-state index contributed by atoms with van der Waals surface area (Å²) in [5, 5.41) is 0.149. The smallest absolute Gasteiger partial charge is 0.274 e. The molecule has 0 saturated carbocycles. The fourth-order valence-corrected chi connectivity index (χ4v) is 0.889. The molecule has 0 fully saturated rings. The fourth-order valence-electron chi connectivity index (χ4n) is 0.719. The molecule has 0 bridgehead atoms. The highest BCUT2D eigenvalue weighted by Gasteiger charge is 2.03. The van der Waals surface area contributed by atoms with Crippen LogP contribution in [-0.4, -0.2) is 11.0 Å². The Kier molecular flexibility index (Phi) is 3.40. The predicted molar refractivity (Wildman–Crippen MR) is 51.0 cm³/mol. The molecule has 0 aromatic heterocycles. The molecule has 0 N–H and O–H groups in total. The van der Waals surface area contributed by atoms with Gasteiger partial charge in [0.2, 0.25) is 5.05 Å². The maximum atomic E-state index is 10.4. The summed E-state index contributed by atoms with van der Waals surface area (Å²) < 4.78 is 0. The van der Waals surface area contributed by atoms with Crippen molar-refractivity contribution in [2.75, 3.05) is 0 Å². The van der Waals surface area contributed by atoms with Crippen molar-refractivity contribution in [3.63, 3.8) is 0 Å². The van der Waals surface area contributed by atoms with Gasteiger partial charge in [-0.05, 0) is 12.2 Å². The molecule has 0 aliphatic rings. The van der Waals surface area contributed by atoms with Gasteiger partial charge in [0.05, 0.1) is 0 Å². The summed E-state index contributed by atoms with van der Waals surface area (Å²) in [6, 6.07) is 9.03. The molecule has 1 aromatic carbocycles. The number of rotatable bonds is 1. The lowest BCUT2D eigenvalue weighted by molar-refractivity contribution is -0.217. The van der Waals surface area contributed by atoms with Gasteiger partial charge >= 0.3 is 5.97 Å². The first-order valence-corrected chi connectivity index (χ1v) is 4.05. The topological polar surface area (TPSA) is 35.5 Å². The van der Waals surface area contributed by atoms with E-state index in [1.165, 1.54) is 6.92 Å². The molecule has 0 amide bonds. The van der Waals surface area contributed by atoms with Gasteiger partial charge < -0.3 is 0 Å². The Morgan fingerprint density at radius 3 is 2.38 bits per heavy atom. The predicted octanol–water partition coefficient (Wildman–Crippen LogP) is 1.86. The summed E-state index contributed by atoms with van der Waals surface area (Å²) in [5.74, 6) is -0.529. The van der Waals surface area contributed by atoms with Gasteiger partial charge in [0, 0.05) is 12.5 Å². The molecule has 1 aromatic rings. The lowest BCUT2D eigenvalue weighted by Crippen LogP contribution is -2.07. The molecule has 0 aliphatic heterocycles. The van der Waals surface area contributed by atoms with Gasteiger partial charge in [0.15, 0.2) is 0 Å². The second-order valence-electron chi connectivity index (χ2n) is 2.31. The summed E-state index contributed by atoms with van der Waals surface area (Å²) in [5.41, 5.74) is 0.707. The Balaban J connectivity index is 2.54. The Labute approximate surface area is 81.2 Å². The average Bonchev–Trinajstić information content (AvgIpc) is 2.15. The molecule has 13 heavy (non-hydrogen) atoms. The van der Waals surface area contributed by atoms with Gasteiger partial charge in [0.25, 0.3) is 0 Å². The van der Waals surface area contributed by atoms with Crippen LogP contribution in [0, 0.1) is 0 Å². The Morgan fingerprint density at radius 2 is 1.85 bits per heavy atom. The van der Waals surface area contributed by atoms with E-state index in [1.807, 2.05) is 18.2 Å². The van der Waals surface area contributed by atoms with E-state index < -0.39 is 5.97 Å². The van der Waals surface area contributed by atoms with E-state index in [4.69, 9.17) is 12.2 Å². The zero-order valence-electron chi connectivity index (χ0n) is 7.02. The van der Waals surface area contributed by atoms with E-state index in [0.29, 0.717) is 5.56 Å². The highest BCUT2D eigenvalue weighted by molar-refractivity contribution is 7.80. The molecule has 3 nitrogen and oxygen atoms in total. The minimum Gasteiger partial charge on any atom is -0.274 e. The fraction of sp³-hybridized carbons (Fsp3) is 0.111. The van der Waals surface area contributed by atoms with E-state index in [0.717, 1.165) is 0 Å². The first kappa shape index (κ1) is 9.67. The normalized spacial score (nSPS) is 9.00. The van der Waals surface area contributed by atoms with E-state index in [2.05, 4.69) is 9.78 Å². The van der Waals surface area contributed by atoms with Gasteiger partial charge in [-0.2, -0.15) is 0 Å². The van der Waals surface area contributed by atoms with Crippen LogP contribution in [0.1, 0.15) is 12.5 Å². The molecule has 1 rings (SSSR count). The van der Waals surface area contributed by atoms with Gasteiger partial charge in [0.1, 0.15) is 0 Å². The third kappa shape index (κ3) is 3.21. The molecule has 0 atom stereocenters. The van der Waals surface area contributed by atoms with E-state index >= 15 is 0 Å². The van der Waals surface area contributed by atoms with Crippen LogP contribution in [0.2, 0.25) is 0 Å². The second-order valence-corrected chi connectivity index (χ2v) is 2.68. The van der Waals surface area contributed by atoms with Crippen LogP contribution in [0.15, 0.2) is 30.3 Å². The zero-order chi connectivity index (χ0) is 9.68. The van der Waals surface area contributed by atoms with Crippen LogP contribution in [0.5, 0.6) is 0 Å². The molecule has 0 radical (unpaired) electrons. The van der Waals surface area contributed by atoms with Gasteiger partial charge in [-0.3, -0.25) is 4.89 Å². The van der Waals surface area contributed by atoms with Crippen molar-refractivity contribution in [2.45, 2.75) is 6.92 Å². The SMILES string of the molecule is CC(=O)OOC(=S)c1ccccc1. The minimum absolute atomic E-state index is 0.149. The monoisotopic (exact) mass is 196 g/mol. The maximum Gasteiger partial charge on any atom is 0.352 e. The molecular formula is C9H8O3S. The van der Waals surface area contributed by atoms with E-state index in [1.54, 1.807) is 12.1 Å². The van der Waals surface area contributed by atoms with E-state index in [9.17, 15) is 4.79 Å². The molecule has 68 valence electrons. The van der Waals surface area contributed by atoms with Crippen LogP contribution in [0.3, 0.4) is 0 Å². The number of hydrogen-bond donors (Lipinski definition) is 0. The van der Waals surface area contributed by atoms with Crippen LogP contribution in [-0.2, 0) is 14.6 Å². The standard InChI is InChI=1S/C9H8O3S/c1-7(10)11-12-9(13)8-5-3-2-4-6-8/h2-6H,1H3. The van der Waals surface area contributed by atoms with E-state index in [-0.39, 0.29) is 5.05 Å². The summed E-state index contributed by atoms with van der Waals surface area (Å²) in [7, 11) is 0. The number of benzene rings is 1. The van der Waals surface area contributed by atoms with Crippen molar-refractivity contribution in [1.29, 1.82) is 0 Å². The third-order valence-electron chi connectivity index (χ3n) is 1.24. The molecule has 0 spiro atoms. The molecule has 0 saturated heterocycles. The zero-order valence-corrected chi connectivity index (χ0v) is 7.84. The highest BCUT2D eigenvalue weighted by atomic mass is 32.1. The van der Waals surface area contributed by atoms with Crippen molar-refractivity contribution in [3.05, 3.63) is 35.9 Å². The molecule has 0 aliphatic carbocycles. The van der Waals surface area contributed by atoms with Crippen LogP contribution in [0.4, 0.5) is 0 Å². The lowest BCUT2D eigenvalue weighted by atomic mass is 10.2. The Morgan fingerprint density at radius 1 is 1.23 bits per heavy atom. The van der Waals surface area contributed by atoms with Gasteiger partial charge in [-0.25, -0.2) is 9.68 Å². The maximum absolute atomic E-state index is 10.4. The Bertz CT molecular complexity index is 308. The minimum atomic E-state index is -0.529. The molecular weight excluding hydrogens is 188 g/mol. The summed E-state index contributed by atoms with van der Waals surface area (Å²) in [4.78, 5) is 19.2. The number of carbonyl (C=O) groups is 1. The summed E-state index contributed by atoms with van der Waals surface area (Å²) in [6.07, 6.45) is 0. The van der Waals surface area contributed by atoms with Crippen molar-refractivity contribution in [1.82, 2.24) is 0 Å². The molecule has 4 heteroatoms. The lowest BCUT2D eigenvalue weighted by Gasteiger charge is -2.02. The number of carbonyl (C=O) groups excluding carboxylic acids is 1. The van der Waals surface area contributed by atoms with Gasteiger partial charge in [-0.15, -0.1) is 0 Å². The average molecular weight is 196 g/mol. The number of thiocarbonyl (C=S) groups is 1. The first-order valence-electron chi connectivity index (χ1n) is 3.64. The van der Waals surface area contributed by atoms with Gasteiger partial charge in [-0.1, -0.05) is 30.3 Å². The first-order chi connectivity index (χ1) is 6.20. The van der Waals surface area contributed by atoms with Crippen molar-refractivity contribution < 1.29 is 14.6 Å². The summed E-state index contributed by atoms with van der Waals surface area (Å²) >= 11 is 4.84. The van der Waals surface area contributed by atoms with Crippen LogP contribution >= 0.6 is 12.2 Å². The second kappa shape index (κ2) is 4.57. The molecule has 0 unspecified atom stereocenters.